The number of aliphatic imine (C=N–C) groups is 1. The zero-order valence-corrected chi connectivity index (χ0v) is 8.30. The topological polar surface area (TPSA) is 50.7 Å². The Morgan fingerprint density at radius 3 is 3.07 bits per heavy atom. The van der Waals surface area contributed by atoms with E-state index in [1.807, 2.05) is 6.92 Å². The van der Waals surface area contributed by atoms with Crippen molar-refractivity contribution in [2.45, 2.75) is 19.8 Å². The molecule has 0 spiro atoms. The first-order valence-electron chi connectivity index (χ1n) is 4.52. The van der Waals surface area contributed by atoms with E-state index in [4.69, 9.17) is 4.74 Å². The number of rotatable bonds is 3. The number of amidine groups is 1. The van der Waals surface area contributed by atoms with Gasteiger partial charge in [0.05, 0.1) is 0 Å². The third-order valence-corrected chi connectivity index (χ3v) is 1.71. The first-order chi connectivity index (χ1) is 6.63. The molecule has 1 saturated heterocycles. The van der Waals surface area contributed by atoms with Crippen molar-refractivity contribution >= 4 is 11.7 Å². The summed E-state index contributed by atoms with van der Waals surface area (Å²) < 4.78 is 5.00. The maximum Gasteiger partial charge on any atom is 0.263 e. The maximum atomic E-state index is 11.0. The lowest BCUT2D eigenvalue weighted by Crippen LogP contribution is -2.40. The summed E-state index contributed by atoms with van der Waals surface area (Å²) in [5.74, 6) is 0.557. The van der Waals surface area contributed by atoms with Gasteiger partial charge in [-0.05, 0) is 6.42 Å². The van der Waals surface area contributed by atoms with Crippen LogP contribution in [0.2, 0.25) is 0 Å². The molecule has 1 fully saturated rings. The molecule has 0 unspecified atom stereocenters. The Morgan fingerprint density at radius 1 is 1.71 bits per heavy atom. The molecule has 0 saturated carbocycles. The highest BCUT2D eigenvalue weighted by Crippen LogP contribution is 2.08. The summed E-state index contributed by atoms with van der Waals surface area (Å²) in [4.78, 5) is 15.1. The van der Waals surface area contributed by atoms with Crippen molar-refractivity contribution in [2.24, 2.45) is 4.99 Å². The SMILES string of the molecule is C=C(CCC)N=C1NC(=O)COC1=C. The van der Waals surface area contributed by atoms with Gasteiger partial charge in [-0.3, -0.25) is 4.79 Å². The molecule has 1 amide bonds. The van der Waals surface area contributed by atoms with Gasteiger partial charge in [0.2, 0.25) is 0 Å². The molecule has 0 aromatic rings. The van der Waals surface area contributed by atoms with Crippen LogP contribution in [0, 0.1) is 0 Å². The molecule has 0 aromatic carbocycles. The molecule has 1 rings (SSSR count). The molecule has 4 heteroatoms. The zero-order chi connectivity index (χ0) is 10.6. The van der Waals surface area contributed by atoms with Gasteiger partial charge in [-0.2, -0.15) is 0 Å². The fourth-order valence-corrected chi connectivity index (χ4v) is 1.05. The van der Waals surface area contributed by atoms with Crippen LogP contribution in [0.4, 0.5) is 0 Å². The van der Waals surface area contributed by atoms with Crippen LogP contribution in [0.3, 0.4) is 0 Å². The number of hydrogen-bond acceptors (Lipinski definition) is 3. The highest BCUT2D eigenvalue weighted by Gasteiger charge is 2.17. The number of carbonyl (C=O) groups excluding carboxylic acids is 1. The second-order valence-electron chi connectivity index (χ2n) is 3.04. The molecule has 1 heterocycles. The van der Waals surface area contributed by atoms with Gasteiger partial charge in [0.25, 0.3) is 5.91 Å². The highest BCUT2D eigenvalue weighted by molar-refractivity contribution is 6.08. The van der Waals surface area contributed by atoms with Gasteiger partial charge in [0.1, 0.15) is 0 Å². The van der Waals surface area contributed by atoms with Crippen LogP contribution in [-0.4, -0.2) is 18.3 Å². The smallest absolute Gasteiger partial charge is 0.263 e. The minimum atomic E-state index is -0.208. The minimum Gasteiger partial charge on any atom is -0.481 e. The van der Waals surface area contributed by atoms with E-state index in [-0.39, 0.29) is 12.5 Å². The second-order valence-corrected chi connectivity index (χ2v) is 3.04. The summed E-state index contributed by atoms with van der Waals surface area (Å²) in [6.45, 7) is 9.45. The van der Waals surface area contributed by atoms with Gasteiger partial charge in [-0.15, -0.1) is 0 Å². The number of allylic oxidation sites excluding steroid dienone is 1. The highest BCUT2D eigenvalue weighted by atomic mass is 16.5. The minimum absolute atomic E-state index is 0.0120. The molecular formula is C10H14N2O2. The van der Waals surface area contributed by atoms with E-state index in [0.717, 1.165) is 18.5 Å². The number of amides is 1. The van der Waals surface area contributed by atoms with Crippen molar-refractivity contribution in [1.29, 1.82) is 0 Å². The molecule has 14 heavy (non-hydrogen) atoms. The van der Waals surface area contributed by atoms with Crippen molar-refractivity contribution < 1.29 is 9.53 Å². The summed E-state index contributed by atoms with van der Waals surface area (Å²) >= 11 is 0. The van der Waals surface area contributed by atoms with E-state index in [1.165, 1.54) is 0 Å². The molecule has 4 nitrogen and oxygen atoms in total. The number of morpholine rings is 1. The van der Waals surface area contributed by atoms with E-state index in [1.54, 1.807) is 0 Å². The van der Waals surface area contributed by atoms with Crippen molar-refractivity contribution in [1.82, 2.24) is 5.32 Å². The molecule has 1 aliphatic heterocycles. The molecule has 0 atom stereocenters. The largest absolute Gasteiger partial charge is 0.481 e. The summed E-state index contributed by atoms with van der Waals surface area (Å²) in [5.41, 5.74) is 0.717. The number of hydrogen-bond donors (Lipinski definition) is 1. The average Bonchev–Trinajstić information content (AvgIpc) is 2.12. The quantitative estimate of drug-likeness (QED) is 0.737. The van der Waals surface area contributed by atoms with Gasteiger partial charge in [-0.25, -0.2) is 4.99 Å². The molecule has 1 N–H and O–H groups in total. The molecule has 0 bridgehead atoms. The Bertz CT molecular complexity index is 305. The van der Waals surface area contributed by atoms with Crippen molar-refractivity contribution in [3.05, 3.63) is 24.6 Å². The summed E-state index contributed by atoms with van der Waals surface area (Å²) in [7, 11) is 0. The Hall–Kier alpha value is -1.58. The number of carbonyl (C=O) groups is 1. The summed E-state index contributed by atoms with van der Waals surface area (Å²) in [5, 5.41) is 2.58. The van der Waals surface area contributed by atoms with Crippen LogP contribution in [0.25, 0.3) is 0 Å². The summed E-state index contributed by atoms with van der Waals surface area (Å²) in [6.07, 6.45) is 1.77. The first kappa shape index (κ1) is 10.5. The van der Waals surface area contributed by atoms with Gasteiger partial charge < -0.3 is 10.1 Å². The van der Waals surface area contributed by atoms with E-state index in [9.17, 15) is 4.79 Å². The lowest BCUT2D eigenvalue weighted by Gasteiger charge is -2.18. The van der Waals surface area contributed by atoms with Crippen LogP contribution < -0.4 is 5.32 Å². The second kappa shape index (κ2) is 4.60. The fraction of sp³-hybridized carbons (Fsp3) is 0.400. The number of nitrogens with zero attached hydrogens (tertiary/aromatic N) is 1. The van der Waals surface area contributed by atoms with Crippen molar-refractivity contribution in [3.63, 3.8) is 0 Å². The lowest BCUT2D eigenvalue weighted by atomic mass is 10.3. The number of ether oxygens (including phenoxy) is 1. The maximum absolute atomic E-state index is 11.0. The molecule has 76 valence electrons. The van der Waals surface area contributed by atoms with Crippen LogP contribution >= 0.6 is 0 Å². The average molecular weight is 194 g/mol. The number of nitrogens with one attached hydrogen (secondary N) is 1. The Labute approximate surface area is 83.4 Å². The van der Waals surface area contributed by atoms with Crippen LogP contribution in [-0.2, 0) is 9.53 Å². The monoisotopic (exact) mass is 194 g/mol. The van der Waals surface area contributed by atoms with Crippen molar-refractivity contribution in [3.8, 4) is 0 Å². The van der Waals surface area contributed by atoms with Crippen LogP contribution in [0.1, 0.15) is 19.8 Å². The first-order valence-corrected chi connectivity index (χ1v) is 4.52. The molecule has 0 aliphatic carbocycles. The Kier molecular flexibility index (Phi) is 3.45. The molecular weight excluding hydrogens is 180 g/mol. The van der Waals surface area contributed by atoms with E-state index < -0.39 is 0 Å². The third kappa shape index (κ3) is 2.73. The normalized spacial score (nSPS) is 19.1. The summed E-state index contributed by atoms with van der Waals surface area (Å²) in [6, 6.07) is 0. The zero-order valence-electron chi connectivity index (χ0n) is 8.30. The lowest BCUT2D eigenvalue weighted by molar-refractivity contribution is -0.123. The Balaban J connectivity index is 2.68. The predicted octanol–water partition coefficient (Wildman–Crippen LogP) is 1.36. The van der Waals surface area contributed by atoms with Gasteiger partial charge in [-0.1, -0.05) is 26.5 Å². The Morgan fingerprint density at radius 2 is 2.43 bits per heavy atom. The van der Waals surface area contributed by atoms with Gasteiger partial charge in [0, 0.05) is 5.70 Å². The van der Waals surface area contributed by atoms with Crippen LogP contribution in [0.5, 0.6) is 0 Å². The van der Waals surface area contributed by atoms with E-state index >= 15 is 0 Å². The standard InChI is InChI=1S/C10H14N2O2/c1-4-5-7(2)11-10-8(3)14-6-9(13)12-10/h2-6H2,1H3,(H,11,12,13). The molecule has 0 aromatic heterocycles. The van der Waals surface area contributed by atoms with E-state index in [2.05, 4.69) is 23.5 Å². The van der Waals surface area contributed by atoms with Gasteiger partial charge in [0.15, 0.2) is 18.2 Å². The molecule has 0 radical (unpaired) electrons. The van der Waals surface area contributed by atoms with Crippen LogP contribution in [0.15, 0.2) is 29.6 Å². The molecule has 1 aliphatic rings. The van der Waals surface area contributed by atoms with E-state index in [0.29, 0.717) is 11.6 Å². The van der Waals surface area contributed by atoms with Gasteiger partial charge >= 0.3 is 0 Å². The third-order valence-electron chi connectivity index (χ3n) is 1.71. The predicted molar refractivity (Wildman–Crippen MR) is 54.7 cm³/mol. The van der Waals surface area contributed by atoms with Crippen molar-refractivity contribution in [2.75, 3.05) is 6.61 Å². The fourth-order valence-electron chi connectivity index (χ4n) is 1.05.